The van der Waals surface area contributed by atoms with Crippen LogP contribution in [0.1, 0.15) is 25.5 Å². The molecule has 2 atom stereocenters. The summed E-state index contributed by atoms with van der Waals surface area (Å²) in [5, 5.41) is 7.59. The van der Waals surface area contributed by atoms with Gasteiger partial charge in [0.1, 0.15) is 0 Å². The first-order chi connectivity index (χ1) is 10.9. The third-order valence-corrected chi connectivity index (χ3v) is 4.35. The summed E-state index contributed by atoms with van der Waals surface area (Å²) in [4.78, 5) is 12.3. The lowest BCUT2D eigenvalue weighted by molar-refractivity contribution is -0.117. The number of hydrogen-bond acceptors (Lipinski definition) is 2. The van der Waals surface area contributed by atoms with Crippen LogP contribution in [-0.4, -0.2) is 11.9 Å². The third kappa shape index (κ3) is 4.85. The minimum Gasteiger partial charge on any atom is -0.323 e. The Labute approximate surface area is 150 Å². The molecular weight excluding hydrogens is 355 g/mol. The van der Waals surface area contributed by atoms with E-state index in [0.717, 1.165) is 5.56 Å². The van der Waals surface area contributed by atoms with Gasteiger partial charge in [0, 0.05) is 16.1 Å². The molecule has 6 heteroatoms. The number of carbonyl (C=O) groups is 1. The van der Waals surface area contributed by atoms with Crippen LogP contribution in [0.4, 0.5) is 5.69 Å². The zero-order valence-corrected chi connectivity index (χ0v) is 15.0. The van der Waals surface area contributed by atoms with E-state index in [2.05, 4.69) is 10.6 Å². The Morgan fingerprint density at radius 2 is 1.70 bits per heavy atom. The highest BCUT2D eigenvalue weighted by molar-refractivity contribution is 6.36. The zero-order chi connectivity index (χ0) is 17.0. The molecule has 1 amide bonds. The fourth-order valence-electron chi connectivity index (χ4n) is 2.20. The van der Waals surface area contributed by atoms with Crippen molar-refractivity contribution in [2.24, 2.45) is 0 Å². The summed E-state index contributed by atoms with van der Waals surface area (Å²) < 4.78 is 0. The summed E-state index contributed by atoms with van der Waals surface area (Å²) in [6, 6.07) is 12.0. The molecule has 0 aliphatic heterocycles. The molecule has 0 saturated heterocycles. The number of rotatable bonds is 5. The quantitative estimate of drug-likeness (QED) is 0.746. The lowest BCUT2D eigenvalue weighted by Gasteiger charge is -2.21. The van der Waals surface area contributed by atoms with Gasteiger partial charge in [-0.05, 0) is 43.7 Å². The van der Waals surface area contributed by atoms with Crippen LogP contribution >= 0.6 is 34.8 Å². The molecule has 0 bridgehead atoms. The van der Waals surface area contributed by atoms with E-state index in [0.29, 0.717) is 20.8 Å². The Morgan fingerprint density at radius 3 is 2.35 bits per heavy atom. The third-order valence-electron chi connectivity index (χ3n) is 3.45. The zero-order valence-electron chi connectivity index (χ0n) is 12.7. The average Bonchev–Trinajstić information content (AvgIpc) is 2.50. The largest absolute Gasteiger partial charge is 0.323 e. The van der Waals surface area contributed by atoms with Gasteiger partial charge in [-0.2, -0.15) is 0 Å². The van der Waals surface area contributed by atoms with Gasteiger partial charge in [0.25, 0.3) is 0 Å². The predicted octanol–water partition coefficient (Wildman–Crippen LogP) is 5.32. The van der Waals surface area contributed by atoms with Gasteiger partial charge in [0.15, 0.2) is 0 Å². The molecule has 2 N–H and O–H groups in total. The van der Waals surface area contributed by atoms with E-state index < -0.39 is 6.04 Å². The molecule has 2 rings (SSSR count). The maximum absolute atomic E-state index is 12.3. The van der Waals surface area contributed by atoms with Crippen molar-refractivity contribution in [1.29, 1.82) is 0 Å². The molecular formula is C17H17Cl3N2O. The molecule has 0 heterocycles. The van der Waals surface area contributed by atoms with Crippen LogP contribution in [0.25, 0.3) is 0 Å². The van der Waals surface area contributed by atoms with Crippen molar-refractivity contribution in [1.82, 2.24) is 5.32 Å². The Bertz CT molecular complexity index is 706. The first-order valence-corrected chi connectivity index (χ1v) is 8.28. The molecule has 0 aliphatic rings. The minimum absolute atomic E-state index is 0.0647. The van der Waals surface area contributed by atoms with E-state index in [1.165, 1.54) is 0 Å². The van der Waals surface area contributed by atoms with E-state index in [9.17, 15) is 4.79 Å². The van der Waals surface area contributed by atoms with Gasteiger partial charge in [-0.15, -0.1) is 0 Å². The second-order valence-electron chi connectivity index (χ2n) is 5.24. The Balaban J connectivity index is 2.01. The van der Waals surface area contributed by atoms with Crippen LogP contribution in [0.15, 0.2) is 42.5 Å². The number of anilines is 1. The molecule has 0 fully saturated rings. The van der Waals surface area contributed by atoms with E-state index in [1.54, 1.807) is 25.1 Å². The second-order valence-corrected chi connectivity index (χ2v) is 6.50. The molecule has 0 unspecified atom stereocenters. The molecule has 3 nitrogen and oxygen atoms in total. The van der Waals surface area contributed by atoms with E-state index in [-0.39, 0.29) is 11.9 Å². The van der Waals surface area contributed by atoms with E-state index >= 15 is 0 Å². The van der Waals surface area contributed by atoms with Crippen LogP contribution in [-0.2, 0) is 4.79 Å². The lowest BCUT2D eigenvalue weighted by Crippen LogP contribution is -2.39. The molecule has 122 valence electrons. The van der Waals surface area contributed by atoms with Crippen molar-refractivity contribution in [3.63, 3.8) is 0 Å². The van der Waals surface area contributed by atoms with Crippen LogP contribution < -0.4 is 10.6 Å². The highest BCUT2D eigenvalue weighted by Crippen LogP contribution is 2.26. The predicted molar refractivity (Wildman–Crippen MR) is 97.6 cm³/mol. The number of benzene rings is 2. The van der Waals surface area contributed by atoms with Gasteiger partial charge in [-0.1, -0.05) is 53.0 Å². The van der Waals surface area contributed by atoms with Crippen molar-refractivity contribution in [3.05, 3.63) is 63.1 Å². The molecule has 0 aromatic heterocycles. The first-order valence-electron chi connectivity index (χ1n) is 7.15. The van der Waals surface area contributed by atoms with Crippen molar-refractivity contribution in [3.8, 4) is 0 Å². The Kier molecular flexibility index (Phi) is 6.31. The van der Waals surface area contributed by atoms with Crippen LogP contribution in [0.3, 0.4) is 0 Å². The lowest BCUT2D eigenvalue weighted by atomic mass is 10.1. The minimum atomic E-state index is -0.423. The number of hydrogen-bond donors (Lipinski definition) is 2. The summed E-state index contributed by atoms with van der Waals surface area (Å²) in [7, 11) is 0. The molecule has 2 aromatic rings. The van der Waals surface area contributed by atoms with Crippen molar-refractivity contribution < 1.29 is 4.79 Å². The van der Waals surface area contributed by atoms with Crippen molar-refractivity contribution in [2.45, 2.75) is 25.9 Å². The normalized spacial score (nSPS) is 13.4. The van der Waals surface area contributed by atoms with Crippen LogP contribution in [0.2, 0.25) is 15.1 Å². The number of carbonyl (C=O) groups excluding carboxylic acids is 1. The van der Waals surface area contributed by atoms with E-state index in [1.807, 2.05) is 31.2 Å². The van der Waals surface area contributed by atoms with Crippen molar-refractivity contribution >= 4 is 46.4 Å². The first kappa shape index (κ1) is 18.1. The maximum atomic E-state index is 12.3. The molecule has 0 aliphatic carbocycles. The smallest absolute Gasteiger partial charge is 0.241 e. The highest BCUT2D eigenvalue weighted by atomic mass is 35.5. The highest BCUT2D eigenvalue weighted by Gasteiger charge is 2.18. The van der Waals surface area contributed by atoms with Gasteiger partial charge < -0.3 is 5.32 Å². The van der Waals surface area contributed by atoms with Gasteiger partial charge in [-0.3, -0.25) is 10.1 Å². The number of halogens is 3. The van der Waals surface area contributed by atoms with Gasteiger partial charge in [0.2, 0.25) is 5.91 Å². The summed E-state index contributed by atoms with van der Waals surface area (Å²) >= 11 is 18.1. The maximum Gasteiger partial charge on any atom is 0.241 e. The van der Waals surface area contributed by atoms with Crippen LogP contribution in [0, 0.1) is 0 Å². The number of amides is 1. The monoisotopic (exact) mass is 370 g/mol. The molecule has 0 radical (unpaired) electrons. The summed E-state index contributed by atoms with van der Waals surface area (Å²) in [5.74, 6) is -0.187. The standard InChI is InChI=1S/C17H17Cl3N2O/c1-10(13-5-3-4-6-14(13)19)21-11(2)17(23)22-16-8-7-12(18)9-15(16)20/h3-11,21H,1-2H3,(H,22,23)/t10-,11-/m1/s1. The molecule has 0 spiro atoms. The fraction of sp³-hybridized carbons (Fsp3) is 0.235. The van der Waals surface area contributed by atoms with Crippen molar-refractivity contribution in [2.75, 3.05) is 5.32 Å². The van der Waals surface area contributed by atoms with E-state index in [4.69, 9.17) is 34.8 Å². The SMILES string of the molecule is C[C@@H](N[C@H](C)c1ccccc1Cl)C(=O)Nc1ccc(Cl)cc1Cl. The number of nitrogens with one attached hydrogen (secondary N) is 2. The van der Waals surface area contributed by atoms with Crippen LogP contribution in [0.5, 0.6) is 0 Å². The molecule has 23 heavy (non-hydrogen) atoms. The average molecular weight is 372 g/mol. The van der Waals surface area contributed by atoms with Gasteiger partial charge in [-0.25, -0.2) is 0 Å². The second kappa shape index (κ2) is 8.02. The summed E-state index contributed by atoms with van der Waals surface area (Å²) in [6.45, 7) is 3.74. The molecule has 0 saturated carbocycles. The summed E-state index contributed by atoms with van der Waals surface area (Å²) in [5.41, 5.74) is 1.47. The molecule has 2 aromatic carbocycles. The summed E-state index contributed by atoms with van der Waals surface area (Å²) in [6.07, 6.45) is 0. The Hall–Kier alpha value is -1.26. The fourth-order valence-corrected chi connectivity index (χ4v) is 2.95. The Morgan fingerprint density at radius 1 is 1.00 bits per heavy atom. The van der Waals surface area contributed by atoms with Gasteiger partial charge in [0.05, 0.1) is 16.8 Å². The van der Waals surface area contributed by atoms with Gasteiger partial charge >= 0.3 is 0 Å². The topological polar surface area (TPSA) is 41.1 Å².